The first-order valence-electron chi connectivity index (χ1n) is 29.2. The highest BCUT2D eigenvalue weighted by molar-refractivity contribution is 8.77. The Kier molecular flexibility index (Phi) is 17.7. The van der Waals surface area contributed by atoms with Crippen LogP contribution in [-0.4, -0.2) is 127 Å². The molecular weight excluding hydrogens is 1320 g/mol. The summed E-state index contributed by atoms with van der Waals surface area (Å²) in [5.74, 6) is -12.8. The predicted molar refractivity (Wildman–Crippen MR) is 344 cm³/mol. The van der Waals surface area contributed by atoms with E-state index in [0.717, 1.165) is 79.8 Å². The smallest absolute Gasteiger partial charge is 0.308 e. The number of hydrogen-bond donors (Lipinski definition) is 5. The Hall–Kier alpha value is -8.13. The van der Waals surface area contributed by atoms with E-state index in [2.05, 4.69) is 30.6 Å². The molecule has 474 valence electrons. The Morgan fingerprint density at radius 1 is 0.548 bits per heavy atom. The number of amides is 1. The van der Waals surface area contributed by atoms with Crippen LogP contribution in [-0.2, 0) is 46.5 Å². The highest BCUT2D eigenvalue weighted by atomic mass is 33.1. The van der Waals surface area contributed by atoms with E-state index in [9.17, 15) is 54.5 Å². The van der Waals surface area contributed by atoms with E-state index in [1.165, 1.54) is 76.9 Å². The third-order valence-electron chi connectivity index (χ3n) is 17.4. The van der Waals surface area contributed by atoms with E-state index >= 15 is 0 Å². The van der Waals surface area contributed by atoms with Crippen LogP contribution in [0.25, 0.3) is 21.8 Å². The number of nitrogens with one attached hydrogen (secondary N) is 1. The molecule has 2 aromatic heterocycles. The highest BCUT2D eigenvalue weighted by Gasteiger charge is 2.57. The van der Waals surface area contributed by atoms with Crippen LogP contribution in [0.5, 0.6) is 5.75 Å². The van der Waals surface area contributed by atoms with Gasteiger partial charge in [0.05, 0.1) is 86.5 Å². The van der Waals surface area contributed by atoms with Crippen molar-refractivity contribution < 1.29 is 72.9 Å². The lowest BCUT2D eigenvalue weighted by molar-refractivity contribution is -0.383. The van der Waals surface area contributed by atoms with Crippen molar-refractivity contribution in [3.05, 3.63) is 187 Å². The van der Waals surface area contributed by atoms with Crippen molar-refractivity contribution in [3.63, 3.8) is 0 Å². The highest BCUT2D eigenvalue weighted by Crippen LogP contribution is 2.62. The summed E-state index contributed by atoms with van der Waals surface area (Å²) in [5, 5.41) is 74.7. The molecule has 5 N–H and O–H groups in total. The van der Waals surface area contributed by atoms with E-state index in [1.807, 2.05) is 103 Å². The quantitative estimate of drug-likeness (QED) is 0.0193. The Balaban J connectivity index is 0.663. The molecule has 15 aliphatic rings. The molecule has 7 aromatic carbocycles. The number of non-ortho nitro benzene ring substituents is 1. The zero-order valence-electron chi connectivity index (χ0n) is 48.4. The van der Waals surface area contributed by atoms with Crippen LogP contribution >= 0.6 is 64.8 Å². The summed E-state index contributed by atoms with van der Waals surface area (Å²) in [6, 6.07) is 35.7. The molecular formula is C64H51N7O16S6. The number of carboxylic acid groups (broad SMARTS) is 4. The van der Waals surface area contributed by atoms with Gasteiger partial charge < -0.3 is 44.7 Å². The molecule has 6 aliphatic carbocycles. The lowest BCUT2D eigenvalue weighted by Gasteiger charge is -2.47. The molecule has 23 nitrogen and oxygen atoms in total. The van der Waals surface area contributed by atoms with Gasteiger partial charge in [0.15, 0.2) is 11.3 Å². The number of hydrogen-bond acceptors (Lipinski definition) is 22. The minimum atomic E-state index is -1.25. The first-order valence-corrected chi connectivity index (χ1v) is 35.6. The Labute approximate surface area is 551 Å². The summed E-state index contributed by atoms with van der Waals surface area (Å²) in [5.41, 5.74) is 6.85. The van der Waals surface area contributed by atoms with Crippen LogP contribution in [0.4, 0.5) is 5.69 Å². The van der Waals surface area contributed by atoms with Crippen molar-refractivity contribution in [2.75, 3.05) is 46.2 Å². The molecule has 29 heteroatoms. The topological polar surface area (TPSA) is 328 Å². The second-order valence-electron chi connectivity index (χ2n) is 22.5. The summed E-state index contributed by atoms with van der Waals surface area (Å²) in [7, 11) is 8.67. The number of carbonyl (C=O) groups excluding carboxylic acids is 1. The fourth-order valence-electron chi connectivity index (χ4n) is 13.5. The summed E-state index contributed by atoms with van der Waals surface area (Å²) in [4.78, 5) is 82.8. The third-order valence-corrected chi connectivity index (χ3v) is 24.6. The molecule has 93 heavy (non-hydrogen) atoms. The standard InChI is InChI=1S/C64H51N7O16S6/c72-60(65-14-16-83-18-20-85-21-19-84-17-15-70-28-31(66-69-70)29-86-47-13-12-46(71(81)82)58-59(47)68-87-67-58)45-22-30-2-1-3-48-40(30)27-49(45)93-91-35-7-11-39-44(26-35)53-37-9-5-33(24-42(37)51(39)55(62(75)76)57(53)64(79)80)89-88-32-4-8-36-41(23-32)50-38-10-6-34(90-92-48)25-43(38)52(36)56(63(77)78)54(50)61(73)74/h1-13,22-28,50-57H,14-21,29H2,(H,65,72)(H,73,74)(H,75,76)(H,77,78)(H,79,80). The van der Waals surface area contributed by atoms with Crippen LogP contribution in [0, 0.1) is 33.8 Å². The molecule has 0 saturated carbocycles. The molecule has 8 atom stereocenters. The number of nitro groups is 1. The van der Waals surface area contributed by atoms with Crippen molar-refractivity contribution in [1.82, 2.24) is 30.6 Å². The largest absolute Gasteiger partial charge is 0.485 e. The number of ether oxygens (including phenoxy) is 4. The zero-order valence-corrected chi connectivity index (χ0v) is 53.2. The van der Waals surface area contributed by atoms with Crippen molar-refractivity contribution in [1.29, 1.82) is 0 Å². The van der Waals surface area contributed by atoms with Crippen molar-refractivity contribution in [3.8, 4) is 5.75 Å². The normalized spacial score (nSPS) is 20.6. The maximum atomic E-state index is 14.4. The van der Waals surface area contributed by atoms with E-state index in [1.54, 1.807) is 10.9 Å². The molecule has 9 aromatic rings. The van der Waals surface area contributed by atoms with Gasteiger partial charge in [-0.15, -0.1) is 5.10 Å². The number of rotatable bonds is 21. The summed E-state index contributed by atoms with van der Waals surface area (Å²) in [6.07, 6.45) is 1.69. The SMILES string of the molecule is O=C(NCCOCCOCCOCCn1cc(COc2ccc([N+](=O)[O-])c3nonc23)nn1)c1cc2cccc3c2cc1SSc1ccc2c(c1)C1c4ccc(cc4C2C(C(=O)O)C1C(=O)O)SSc1ccc2c(c1)C1c4ccc(cc4C2C(C(=O)O)C1C(=O)O)SS3. The molecule has 24 rings (SSSR count). The number of benzene rings is 7. The van der Waals surface area contributed by atoms with E-state index in [-0.39, 0.29) is 61.3 Å². The monoisotopic (exact) mass is 1370 g/mol. The number of aliphatic carboxylic acids is 4. The fourth-order valence-corrected chi connectivity index (χ4v) is 19.9. The van der Waals surface area contributed by atoms with Gasteiger partial charge >= 0.3 is 29.6 Å². The lowest BCUT2D eigenvalue weighted by atomic mass is 9.54. The number of carbonyl (C=O) groups is 5. The van der Waals surface area contributed by atoms with Crippen LogP contribution in [0.3, 0.4) is 0 Å². The summed E-state index contributed by atoms with van der Waals surface area (Å²) < 4.78 is 29.3. The Morgan fingerprint density at radius 3 is 1.55 bits per heavy atom. The van der Waals surface area contributed by atoms with Gasteiger partial charge in [0.2, 0.25) is 5.52 Å². The average Bonchev–Trinajstić information content (AvgIpc) is 0.869. The Bertz CT molecular complexity index is 4530. The zero-order chi connectivity index (χ0) is 64.2. The van der Waals surface area contributed by atoms with E-state index < -0.39 is 76.1 Å². The summed E-state index contributed by atoms with van der Waals surface area (Å²) >= 11 is 0. The van der Waals surface area contributed by atoms with Crippen LogP contribution in [0.1, 0.15) is 84.2 Å². The maximum absolute atomic E-state index is 14.4. The second kappa shape index (κ2) is 26.3. The molecule has 9 aliphatic heterocycles. The molecule has 0 saturated heterocycles. The second-order valence-corrected chi connectivity index (χ2v) is 29.3. The molecule has 18 bridgehead atoms. The number of nitrogens with zero attached hydrogens (tertiary/aromatic N) is 6. The van der Waals surface area contributed by atoms with Crippen molar-refractivity contribution in [2.24, 2.45) is 23.7 Å². The molecule has 11 heterocycles. The van der Waals surface area contributed by atoms with Crippen molar-refractivity contribution in [2.45, 2.75) is 66.2 Å². The predicted octanol–water partition coefficient (Wildman–Crippen LogP) is 11.6. The van der Waals surface area contributed by atoms with Gasteiger partial charge in [-0.25, -0.2) is 9.31 Å². The van der Waals surface area contributed by atoms with Crippen LogP contribution in [0.15, 0.2) is 155 Å². The van der Waals surface area contributed by atoms with Gasteiger partial charge in [-0.1, -0.05) is 106 Å². The first-order chi connectivity index (χ1) is 45.2. The van der Waals surface area contributed by atoms with Crippen LogP contribution in [0.2, 0.25) is 0 Å². The number of nitro benzene ring substituents is 1. The first kappa shape index (κ1) is 62.3. The maximum Gasteiger partial charge on any atom is 0.308 e. The number of aromatic nitrogens is 5. The third kappa shape index (κ3) is 12.0. The van der Waals surface area contributed by atoms with Crippen LogP contribution < -0.4 is 10.1 Å². The van der Waals surface area contributed by atoms with E-state index in [0.29, 0.717) is 42.5 Å². The van der Waals surface area contributed by atoms with Crippen molar-refractivity contribution >= 4 is 122 Å². The molecule has 0 radical (unpaired) electrons. The van der Waals surface area contributed by atoms with Gasteiger partial charge in [-0.05, 0) is 138 Å². The van der Waals surface area contributed by atoms with Gasteiger partial charge in [0.25, 0.3) is 5.91 Å². The number of carboxylic acids is 4. The summed E-state index contributed by atoms with van der Waals surface area (Å²) in [6.45, 7) is 2.30. The molecule has 0 fully saturated rings. The minimum absolute atomic E-state index is 0.0197. The van der Waals surface area contributed by atoms with Gasteiger partial charge in [0, 0.05) is 65.7 Å². The fraction of sp³-hybridized carbons (Fsp3) is 0.266. The minimum Gasteiger partial charge on any atom is -0.485 e. The van der Waals surface area contributed by atoms with Gasteiger partial charge in [-0.3, -0.25) is 34.1 Å². The lowest BCUT2D eigenvalue weighted by Crippen LogP contribution is -2.47. The van der Waals surface area contributed by atoms with Gasteiger partial charge in [-0.2, -0.15) is 0 Å². The number of fused-ring (bicyclic) bond motifs is 3. The average molecular weight is 1370 g/mol. The molecule has 8 unspecified atom stereocenters. The molecule has 1 amide bonds. The van der Waals surface area contributed by atoms with Gasteiger partial charge in [0.1, 0.15) is 12.3 Å². The Morgan fingerprint density at radius 2 is 1.03 bits per heavy atom. The van der Waals surface area contributed by atoms with E-state index in [4.69, 9.17) is 18.9 Å². The molecule has 0 spiro atoms.